The van der Waals surface area contributed by atoms with E-state index in [1.165, 1.54) is 6.21 Å². The Morgan fingerprint density at radius 3 is 2.74 bits per heavy atom. The third kappa shape index (κ3) is 4.00. The Morgan fingerprint density at radius 2 is 2.00 bits per heavy atom. The van der Waals surface area contributed by atoms with Crippen LogP contribution in [0.3, 0.4) is 0 Å². The zero-order valence-electron chi connectivity index (χ0n) is 15.3. The Labute approximate surface area is 157 Å². The van der Waals surface area contributed by atoms with Gasteiger partial charge in [0.1, 0.15) is 5.75 Å². The average molecular weight is 372 g/mol. The van der Waals surface area contributed by atoms with Gasteiger partial charge in [-0.2, -0.15) is 0 Å². The first-order valence-corrected chi connectivity index (χ1v) is 9.22. The van der Waals surface area contributed by atoms with Crippen LogP contribution in [0.5, 0.6) is 5.75 Å². The Hall–Kier alpha value is -2.74. The molecule has 3 N–H and O–H groups in total. The molecule has 2 fully saturated rings. The number of barbiturate groups is 1. The number of imide groups is 2. The van der Waals surface area contributed by atoms with E-state index in [1.807, 2.05) is 0 Å². The molecule has 1 aliphatic heterocycles. The number of para-hydroxylation sites is 2. The van der Waals surface area contributed by atoms with Crippen molar-refractivity contribution in [1.29, 1.82) is 0 Å². The molecule has 27 heavy (non-hydrogen) atoms. The second kappa shape index (κ2) is 8.30. The van der Waals surface area contributed by atoms with Crippen LogP contribution < -0.4 is 20.7 Å². The van der Waals surface area contributed by atoms with Gasteiger partial charge < -0.3 is 10.5 Å². The molecule has 0 bridgehead atoms. The number of amides is 4. The second-order valence-corrected chi connectivity index (χ2v) is 6.66. The van der Waals surface area contributed by atoms with E-state index < -0.39 is 23.8 Å². The normalized spacial score (nSPS) is 26.4. The third-order valence-corrected chi connectivity index (χ3v) is 4.82. The summed E-state index contributed by atoms with van der Waals surface area (Å²) in [5.41, 5.74) is 6.37. The van der Waals surface area contributed by atoms with Gasteiger partial charge in [0.25, 0.3) is 5.91 Å². The number of rotatable bonds is 5. The molecule has 8 nitrogen and oxygen atoms in total. The Morgan fingerprint density at radius 1 is 1.26 bits per heavy atom. The summed E-state index contributed by atoms with van der Waals surface area (Å²) < 4.78 is 5.51. The van der Waals surface area contributed by atoms with Gasteiger partial charge in [0, 0.05) is 12.3 Å². The number of benzene rings is 1. The van der Waals surface area contributed by atoms with Crippen molar-refractivity contribution < 1.29 is 19.1 Å². The fourth-order valence-corrected chi connectivity index (χ4v) is 3.39. The highest BCUT2D eigenvalue weighted by Crippen LogP contribution is 2.30. The summed E-state index contributed by atoms with van der Waals surface area (Å²) in [6, 6.07) is 5.73. The van der Waals surface area contributed by atoms with E-state index in [0.717, 1.165) is 30.6 Å². The Balaban J connectivity index is 1.86. The molecule has 3 atom stereocenters. The fraction of sp³-hybridized carbons (Fsp3) is 0.474. The van der Waals surface area contributed by atoms with Gasteiger partial charge in [-0.05, 0) is 31.9 Å². The average Bonchev–Trinajstić information content (AvgIpc) is 2.64. The number of nitrogens with two attached hydrogens (primary N) is 1. The van der Waals surface area contributed by atoms with E-state index >= 15 is 0 Å². The molecular formula is C19H24N4O4. The van der Waals surface area contributed by atoms with E-state index in [1.54, 1.807) is 31.2 Å². The lowest BCUT2D eigenvalue weighted by Gasteiger charge is -2.30. The van der Waals surface area contributed by atoms with Crippen LogP contribution in [0.15, 0.2) is 29.3 Å². The van der Waals surface area contributed by atoms with Gasteiger partial charge >= 0.3 is 6.03 Å². The van der Waals surface area contributed by atoms with Gasteiger partial charge in [0.05, 0.1) is 18.3 Å². The predicted molar refractivity (Wildman–Crippen MR) is 101 cm³/mol. The van der Waals surface area contributed by atoms with Crippen molar-refractivity contribution in [3.05, 3.63) is 24.3 Å². The lowest BCUT2D eigenvalue weighted by molar-refractivity contribution is -0.131. The van der Waals surface area contributed by atoms with Crippen molar-refractivity contribution in [2.45, 2.75) is 44.7 Å². The fourth-order valence-electron chi connectivity index (χ4n) is 3.39. The standard InChI is InChI=1S/C19H24N4O4/c1-2-27-16-10-6-5-9-15(16)23-18(25)12(17(24)22-19(23)26)11-21-14-8-4-3-7-13(14)20/h5-6,9-14H,2-4,7-8,20H2,1H3,(H,22,24,26)/t12-,13-,14+/m1/s1. The lowest BCUT2D eigenvalue weighted by Crippen LogP contribution is -2.58. The number of aliphatic imine (C=N–C) groups is 1. The highest BCUT2D eigenvalue weighted by molar-refractivity contribution is 6.32. The molecule has 0 aromatic heterocycles. The van der Waals surface area contributed by atoms with E-state index in [0.29, 0.717) is 18.0 Å². The van der Waals surface area contributed by atoms with E-state index in [4.69, 9.17) is 10.5 Å². The summed E-state index contributed by atoms with van der Waals surface area (Å²) in [6.45, 7) is 2.19. The summed E-state index contributed by atoms with van der Waals surface area (Å²) in [7, 11) is 0. The molecule has 144 valence electrons. The maximum Gasteiger partial charge on any atom is 0.335 e. The molecule has 0 spiro atoms. The molecule has 1 aromatic carbocycles. The van der Waals surface area contributed by atoms with Crippen LogP contribution in [-0.2, 0) is 9.59 Å². The minimum atomic E-state index is -1.17. The molecular weight excluding hydrogens is 348 g/mol. The molecule has 1 aliphatic carbocycles. The van der Waals surface area contributed by atoms with Crippen LogP contribution in [0.2, 0.25) is 0 Å². The summed E-state index contributed by atoms with van der Waals surface area (Å²) >= 11 is 0. The summed E-state index contributed by atoms with van der Waals surface area (Å²) in [4.78, 5) is 42.8. The number of ether oxygens (including phenoxy) is 1. The first-order chi connectivity index (χ1) is 13.0. The highest BCUT2D eigenvalue weighted by Gasteiger charge is 2.41. The van der Waals surface area contributed by atoms with Crippen molar-refractivity contribution in [1.82, 2.24) is 5.32 Å². The minimum absolute atomic E-state index is 0.0758. The van der Waals surface area contributed by atoms with Crippen LogP contribution in [0.1, 0.15) is 32.6 Å². The minimum Gasteiger partial charge on any atom is -0.492 e. The van der Waals surface area contributed by atoms with Crippen molar-refractivity contribution in [3.63, 3.8) is 0 Å². The first kappa shape index (κ1) is 19.0. The zero-order valence-corrected chi connectivity index (χ0v) is 15.3. The topological polar surface area (TPSA) is 114 Å². The van der Waals surface area contributed by atoms with Gasteiger partial charge in [-0.25, -0.2) is 9.69 Å². The first-order valence-electron chi connectivity index (χ1n) is 9.22. The van der Waals surface area contributed by atoms with Crippen molar-refractivity contribution >= 4 is 29.7 Å². The molecule has 4 amide bonds. The van der Waals surface area contributed by atoms with Gasteiger partial charge in [-0.15, -0.1) is 0 Å². The molecule has 1 saturated carbocycles. The number of carbonyl (C=O) groups excluding carboxylic acids is 3. The number of nitrogens with zero attached hydrogens (tertiary/aromatic N) is 2. The maximum absolute atomic E-state index is 12.9. The van der Waals surface area contributed by atoms with Crippen molar-refractivity contribution in [2.75, 3.05) is 11.5 Å². The smallest absolute Gasteiger partial charge is 0.335 e. The van der Waals surface area contributed by atoms with Crippen LogP contribution in [0.4, 0.5) is 10.5 Å². The number of carbonyl (C=O) groups is 3. The van der Waals surface area contributed by atoms with E-state index in [2.05, 4.69) is 10.3 Å². The second-order valence-electron chi connectivity index (χ2n) is 6.66. The van der Waals surface area contributed by atoms with Crippen molar-refractivity contribution in [2.24, 2.45) is 16.6 Å². The van der Waals surface area contributed by atoms with Gasteiger partial charge in [0.15, 0.2) is 5.92 Å². The Bertz CT molecular complexity index is 764. The Kier molecular flexibility index (Phi) is 5.85. The van der Waals surface area contributed by atoms with Crippen LogP contribution in [0.25, 0.3) is 0 Å². The van der Waals surface area contributed by atoms with Gasteiger partial charge in [-0.1, -0.05) is 25.0 Å². The molecule has 1 aromatic rings. The van der Waals surface area contributed by atoms with Crippen LogP contribution in [-0.4, -0.2) is 42.8 Å². The number of anilines is 1. The van der Waals surface area contributed by atoms with Crippen LogP contribution in [0, 0.1) is 5.92 Å². The quantitative estimate of drug-likeness (QED) is 0.602. The van der Waals surface area contributed by atoms with Crippen LogP contribution >= 0.6 is 0 Å². The molecule has 8 heteroatoms. The summed E-state index contributed by atoms with van der Waals surface area (Å²) in [6.07, 6.45) is 5.12. The summed E-state index contributed by atoms with van der Waals surface area (Å²) in [5.74, 6) is -2.11. The maximum atomic E-state index is 12.9. The highest BCUT2D eigenvalue weighted by atomic mass is 16.5. The largest absolute Gasteiger partial charge is 0.492 e. The van der Waals surface area contributed by atoms with Gasteiger partial charge in [0.2, 0.25) is 5.91 Å². The third-order valence-electron chi connectivity index (χ3n) is 4.82. The number of hydrogen-bond acceptors (Lipinski definition) is 6. The van der Waals surface area contributed by atoms with E-state index in [-0.39, 0.29) is 12.1 Å². The van der Waals surface area contributed by atoms with E-state index in [9.17, 15) is 14.4 Å². The zero-order chi connectivity index (χ0) is 19.4. The summed E-state index contributed by atoms with van der Waals surface area (Å²) in [5, 5.41) is 2.23. The van der Waals surface area contributed by atoms with Gasteiger partial charge in [-0.3, -0.25) is 19.9 Å². The number of hydrogen-bond donors (Lipinski definition) is 2. The van der Waals surface area contributed by atoms with Crippen molar-refractivity contribution in [3.8, 4) is 5.75 Å². The molecule has 3 rings (SSSR count). The monoisotopic (exact) mass is 372 g/mol. The molecule has 2 aliphatic rings. The predicted octanol–water partition coefficient (Wildman–Crippen LogP) is 1.62. The molecule has 0 radical (unpaired) electrons. The molecule has 1 saturated heterocycles. The number of urea groups is 1. The number of nitrogens with one attached hydrogen (secondary N) is 1. The molecule has 0 unspecified atom stereocenters. The lowest BCUT2D eigenvalue weighted by atomic mass is 9.91. The SMILES string of the molecule is CCOc1ccccc1N1C(=O)NC(=O)[C@@H](C=N[C@H]2CCCC[C@H]2N)C1=O. The molecule has 1 heterocycles.